The summed E-state index contributed by atoms with van der Waals surface area (Å²) in [6.45, 7) is 2.47. The van der Waals surface area contributed by atoms with Gasteiger partial charge < -0.3 is 13.6 Å². The fraction of sp³-hybridized carbons (Fsp3) is 0.100. The minimum absolute atomic E-state index is 0.124. The summed E-state index contributed by atoms with van der Waals surface area (Å²) in [4.78, 5) is 24.5. The van der Waals surface area contributed by atoms with Gasteiger partial charge in [-0.15, -0.1) is 5.10 Å². The second-order valence-corrected chi connectivity index (χ2v) is 5.81. The first-order valence-corrected chi connectivity index (χ1v) is 8.55. The lowest BCUT2D eigenvalue weighted by Crippen LogP contribution is -2.20. The van der Waals surface area contributed by atoms with E-state index in [1.807, 2.05) is 6.92 Å². The smallest absolute Gasteiger partial charge is 0.349 e. The third-order valence-corrected chi connectivity index (χ3v) is 3.94. The number of carbonyl (C=O) groups is 1. The Hall–Kier alpha value is -3.94. The van der Waals surface area contributed by atoms with Crippen LogP contribution in [0.2, 0.25) is 0 Å². The molecule has 0 saturated heterocycles. The van der Waals surface area contributed by atoms with E-state index in [9.17, 15) is 9.59 Å². The number of nitrogens with one attached hydrogen (secondary N) is 1. The van der Waals surface area contributed by atoms with Crippen LogP contribution in [0.1, 0.15) is 17.3 Å². The Labute approximate surface area is 158 Å². The Morgan fingerprint density at radius 3 is 2.64 bits per heavy atom. The fourth-order valence-electron chi connectivity index (χ4n) is 2.64. The van der Waals surface area contributed by atoms with Gasteiger partial charge in [0.25, 0.3) is 5.91 Å². The highest BCUT2D eigenvalue weighted by atomic mass is 16.5. The number of nitrogens with zero attached hydrogens (tertiary/aromatic N) is 2. The van der Waals surface area contributed by atoms with Crippen LogP contribution >= 0.6 is 0 Å². The minimum Gasteiger partial charge on any atom is -0.494 e. The molecule has 4 aromatic rings. The predicted octanol–water partition coefficient (Wildman–Crippen LogP) is 3.49. The van der Waals surface area contributed by atoms with E-state index >= 15 is 0 Å². The van der Waals surface area contributed by atoms with Gasteiger partial charge in [0, 0.05) is 10.9 Å². The number of para-hydroxylation sites is 1. The zero-order valence-electron chi connectivity index (χ0n) is 14.8. The number of fused-ring (bicyclic) bond motifs is 1. The van der Waals surface area contributed by atoms with Crippen LogP contribution in [0.25, 0.3) is 22.4 Å². The molecule has 2 aromatic heterocycles. The van der Waals surface area contributed by atoms with Crippen LogP contribution < -0.4 is 15.7 Å². The van der Waals surface area contributed by atoms with E-state index < -0.39 is 11.5 Å². The Bertz CT molecular complexity index is 1190. The summed E-state index contributed by atoms with van der Waals surface area (Å²) in [5.41, 5.74) is 0.170. The van der Waals surface area contributed by atoms with Gasteiger partial charge in [0.2, 0.25) is 5.89 Å². The second kappa shape index (κ2) is 7.36. The Morgan fingerprint density at radius 2 is 1.86 bits per heavy atom. The number of amides is 1. The van der Waals surface area contributed by atoms with E-state index in [1.54, 1.807) is 48.5 Å². The second-order valence-electron chi connectivity index (χ2n) is 5.81. The molecule has 0 aliphatic heterocycles. The van der Waals surface area contributed by atoms with E-state index in [-0.39, 0.29) is 17.5 Å². The topological polar surface area (TPSA) is 107 Å². The highest BCUT2D eigenvalue weighted by molar-refractivity contribution is 6.04. The van der Waals surface area contributed by atoms with Crippen LogP contribution in [0.4, 0.5) is 6.01 Å². The molecule has 0 radical (unpaired) electrons. The maximum absolute atomic E-state index is 12.4. The third-order valence-electron chi connectivity index (χ3n) is 3.94. The van der Waals surface area contributed by atoms with Gasteiger partial charge in [-0.05, 0) is 43.3 Å². The largest absolute Gasteiger partial charge is 0.494 e. The molecule has 0 saturated carbocycles. The molecule has 2 heterocycles. The van der Waals surface area contributed by atoms with E-state index in [0.29, 0.717) is 23.1 Å². The maximum Gasteiger partial charge on any atom is 0.349 e. The number of benzene rings is 2. The molecule has 140 valence electrons. The molecule has 28 heavy (non-hydrogen) atoms. The van der Waals surface area contributed by atoms with Crippen LogP contribution in [-0.4, -0.2) is 22.7 Å². The average molecular weight is 377 g/mol. The number of carbonyl (C=O) groups excluding carboxylic acids is 1. The molecular formula is C20H15N3O5. The lowest BCUT2D eigenvalue weighted by molar-refractivity contribution is 0.102. The van der Waals surface area contributed by atoms with Crippen molar-refractivity contribution in [3.8, 4) is 17.2 Å². The number of hydrogen-bond acceptors (Lipinski definition) is 7. The van der Waals surface area contributed by atoms with Gasteiger partial charge in [-0.2, -0.15) is 0 Å². The normalized spacial score (nSPS) is 10.8. The van der Waals surface area contributed by atoms with Crippen molar-refractivity contribution in [2.45, 2.75) is 6.92 Å². The molecular weight excluding hydrogens is 362 g/mol. The molecule has 0 bridgehead atoms. The monoisotopic (exact) mass is 377 g/mol. The summed E-state index contributed by atoms with van der Waals surface area (Å²) in [6.07, 6.45) is 0. The fourth-order valence-corrected chi connectivity index (χ4v) is 2.64. The molecule has 4 rings (SSSR count). The lowest BCUT2D eigenvalue weighted by Gasteiger charge is -2.02. The molecule has 0 aliphatic carbocycles. The lowest BCUT2D eigenvalue weighted by atomic mass is 10.2. The molecule has 8 nitrogen and oxygen atoms in total. The van der Waals surface area contributed by atoms with Gasteiger partial charge in [-0.25, -0.2) is 4.79 Å². The summed E-state index contributed by atoms with van der Waals surface area (Å²) >= 11 is 0. The number of rotatable bonds is 5. The minimum atomic E-state index is -0.748. The molecule has 0 fully saturated rings. The summed E-state index contributed by atoms with van der Waals surface area (Å²) in [6, 6.07) is 15.3. The van der Waals surface area contributed by atoms with Gasteiger partial charge in [-0.3, -0.25) is 10.1 Å². The van der Waals surface area contributed by atoms with E-state index in [4.69, 9.17) is 13.6 Å². The van der Waals surface area contributed by atoms with Gasteiger partial charge >= 0.3 is 11.6 Å². The number of aromatic nitrogens is 2. The van der Waals surface area contributed by atoms with Crippen LogP contribution in [0.5, 0.6) is 5.75 Å². The maximum atomic E-state index is 12.4. The Morgan fingerprint density at radius 1 is 1.07 bits per heavy atom. The quantitative estimate of drug-likeness (QED) is 0.530. The summed E-state index contributed by atoms with van der Waals surface area (Å²) in [5.74, 6) is 0.257. The van der Waals surface area contributed by atoms with E-state index in [1.165, 1.54) is 6.07 Å². The molecule has 1 amide bonds. The predicted molar refractivity (Wildman–Crippen MR) is 101 cm³/mol. The highest BCUT2D eigenvalue weighted by Gasteiger charge is 2.17. The highest BCUT2D eigenvalue weighted by Crippen LogP contribution is 2.23. The van der Waals surface area contributed by atoms with Crippen LogP contribution in [0.3, 0.4) is 0 Å². The van der Waals surface area contributed by atoms with Crippen LogP contribution in [0, 0.1) is 0 Å². The summed E-state index contributed by atoms with van der Waals surface area (Å²) in [5, 5.41) is 10.8. The molecule has 1 N–H and O–H groups in total. The molecule has 0 atom stereocenters. The zero-order valence-corrected chi connectivity index (χ0v) is 14.8. The Balaban J connectivity index is 1.54. The molecule has 0 spiro atoms. The number of anilines is 1. The van der Waals surface area contributed by atoms with Crippen molar-refractivity contribution in [2.24, 2.45) is 0 Å². The van der Waals surface area contributed by atoms with E-state index in [0.717, 1.165) is 5.75 Å². The summed E-state index contributed by atoms with van der Waals surface area (Å²) < 4.78 is 16.0. The van der Waals surface area contributed by atoms with Crippen LogP contribution in [-0.2, 0) is 0 Å². The van der Waals surface area contributed by atoms with Gasteiger partial charge in [0.05, 0.1) is 6.61 Å². The first-order valence-electron chi connectivity index (χ1n) is 8.55. The van der Waals surface area contributed by atoms with Crippen molar-refractivity contribution in [1.82, 2.24) is 10.2 Å². The van der Waals surface area contributed by atoms with Crippen molar-refractivity contribution in [3.63, 3.8) is 0 Å². The van der Waals surface area contributed by atoms with Crippen molar-refractivity contribution in [3.05, 3.63) is 70.6 Å². The van der Waals surface area contributed by atoms with Gasteiger partial charge in [-0.1, -0.05) is 23.3 Å². The Kier molecular flexibility index (Phi) is 4.59. The number of ether oxygens (including phenoxy) is 1. The van der Waals surface area contributed by atoms with Crippen molar-refractivity contribution < 1.29 is 18.4 Å². The third kappa shape index (κ3) is 3.48. The van der Waals surface area contributed by atoms with Crippen LogP contribution in [0.15, 0.2) is 68.2 Å². The molecule has 0 aliphatic rings. The number of hydrogen-bond donors (Lipinski definition) is 1. The van der Waals surface area contributed by atoms with Crippen molar-refractivity contribution in [2.75, 3.05) is 11.9 Å². The van der Waals surface area contributed by atoms with Gasteiger partial charge in [0.1, 0.15) is 16.9 Å². The SMILES string of the molecule is CCOc1ccc(-c2nnc(NC(=O)c3cc4ccccc4oc3=O)o2)cc1. The standard InChI is InChI=1S/C20H15N3O5/c1-2-26-14-9-7-12(8-10-14)18-22-23-20(28-18)21-17(24)15-11-13-5-3-4-6-16(13)27-19(15)25/h3-11H,2H2,1H3,(H,21,23,24). The average Bonchev–Trinajstić information content (AvgIpc) is 3.16. The first kappa shape index (κ1) is 17.5. The zero-order chi connectivity index (χ0) is 19.5. The van der Waals surface area contributed by atoms with Gasteiger partial charge in [0.15, 0.2) is 0 Å². The molecule has 0 unspecified atom stereocenters. The van der Waals surface area contributed by atoms with Crippen molar-refractivity contribution >= 4 is 22.9 Å². The van der Waals surface area contributed by atoms with E-state index in [2.05, 4.69) is 15.5 Å². The van der Waals surface area contributed by atoms with Crippen molar-refractivity contribution in [1.29, 1.82) is 0 Å². The molecule has 8 heteroatoms. The first-order chi connectivity index (χ1) is 13.6. The molecule has 2 aromatic carbocycles. The summed E-state index contributed by atoms with van der Waals surface area (Å²) in [7, 11) is 0.